The first-order chi connectivity index (χ1) is 8.61. The van der Waals surface area contributed by atoms with Crippen molar-refractivity contribution in [1.29, 1.82) is 0 Å². The van der Waals surface area contributed by atoms with E-state index in [4.69, 9.17) is 4.74 Å². The summed E-state index contributed by atoms with van der Waals surface area (Å²) in [4.78, 5) is 11.2. The van der Waals surface area contributed by atoms with Crippen LogP contribution in [0.5, 0.6) is 5.75 Å². The molecule has 2 rings (SSSR count). The summed E-state index contributed by atoms with van der Waals surface area (Å²) in [5.74, 6) is 1.68. The third-order valence-electron chi connectivity index (χ3n) is 3.30. The fourth-order valence-corrected chi connectivity index (χ4v) is 2.28. The quantitative estimate of drug-likeness (QED) is 0.856. The van der Waals surface area contributed by atoms with Gasteiger partial charge in [0.25, 0.3) is 5.91 Å². The highest BCUT2D eigenvalue weighted by Crippen LogP contribution is 2.33. The van der Waals surface area contributed by atoms with E-state index in [2.05, 4.69) is 30.5 Å². The summed E-state index contributed by atoms with van der Waals surface area (Å²) in [5, 5.41) is 6.03. The minimum absolute atomic E-state index is 0.0918. The maximum Gasteiger partial charge on any atom is 0.262 e. The van der Waals surface area contributed by atoms with Crippen LogP contribution >= 0.6 is 0 Å². The predicted octanol–water partition coefficient (Wildman–Crippen LogP) is 1.98. The van der Waals surface area contributed by atoms with Gasteiger partial charge in [0.15, 0.2) is 6.61 Å². The molecule has 2 N–H and O–H groups in total. The van der Waals surface area contributed by atoms with E-state index >= 15 is 0 Å². The Morgan fingerprint density at radius 2 is 2.22 bits per heavy atom. The van der Waals surface area contributed by atoms with Gasteiger partial charge in [-0.15, -0.1) is 0 Å². The van der Waals surface area contributed by atoms with Gasteiger partial charge in [-0.1, -0.05) is 19.9 Å². The lowest BCUT2D eigenvalue weighted by molar-refractivity contribution is -0.118. The summed E-state index contributed by atoms with van der Waals surface area (Å²) in [5.41, 5.74) is 2.01. The number of fused-ring (bicyclic) bond motifs is 1. The highest BCUT2D eigenvalue weighted by molar-refractivity contribution is 5.95. The van der Waals surface area contributed by atoms with Crippen molar-refractivity contribution in [2.24, 2.45) is 5.92 Å². The molecule has 1 heterocycles. The lowest BCUT2D eigenvalue weighted by Crippen LogP contribution is -2.26. The zero-order chi connectivity index (χ0) is 13.1. The Labute approximate surface area is 108 Å². The van der Waals surface area contributed by atoms with E-state index in [1.807, 2.05) is 19.2 Å². The molecule has 1 amide bonds. The molecule has 1 aromatic carbocycles. The van der Waals surface area contributed by atoms with Gasteiger partial charge in [-0.2, -0.15) is 0 Å². The SMILES string of the molecule is CNCC(c1ccc2c(c1)OCC(=O)N2)C(C)C. The van der Waals surface area contributed by atoms with Crippen LogP contribution in [-0.2, 0) is 4.79 Å². The lowest BCUT2D eigenvalue weighted by atomic mass is 9.88. The van der Waals surface area contributed by atoms with E-state index in [0.717, 1.165) is 18.0 Å². The van der Waals surface area contributed by atoms with Gasteiger partial charge in [-0.25, -0.2) is 0 Å². The van der Waals surface area contributed by atoms with Crippen LogP contribution in [0.2, 0.25) is 0 Å². The molecule has 98 valence electrons. The van der Waals surface area contributed by atoms with E-state index in [0.29, 0.717) is 11.8 Å². The number of likely N-dealkylation sites (N-methyl/N-ethyl adjacent to an activating group) is 1. The Balaban J connectivity index is 2.27. The molecule has 1 unspecified atom stereocenters. The first-order valence-electron chi connectivity index (χ1n) is 6.33. The van der Waals surface area contributed by atoms with Crippen molar-refractivity contribution < 1.29 is 9.53 Å². The molecule has 4 heteroatoms. The fraction of sp³-hybridized carbons (Fsp3) is 0.500. The van der Waals surface area contributed by atoms with Gasteiger partial charge in [0, 0.05) is 6.54 Å². The molecule has 4 nitrogen and oxygen atoms in total. The summed E-state index contributed by atoms with van der Waals surface area (Å²) >= 11 is 0. The van der Waals surface area contributed by atoms with Crippen molar-refractivity contribution in [3.05, 3.63) is 23.8 Å². The maximum absolute atomic E-state index is 11.2. The van der Waals surface area contributed by atoms with Gasteiger partial charge in [0.05, 0.1) is 5.69 Å². The minimum Gasteiger partial charge on any atom is -0.482 e. The van der Waals surface area contributed by atoms with Crippen LogP contribution in [0.1, 0.15) is 25.3 Å². The van der Waals surface area contributed by atoms with Gasteiger partial charge in [-0.05, 0) is 36.6 Å². The van der Waals surface area contributed by atoms with Crippen LogP contribution in [-0.4, -0.2) is 26.1 Å². The number of amides is 1. The molecule has 0 saturated heterocycles. The third-order valence-corrected chi connectivity index (χ3v) is 3.30. The summed E-state index contributed by atoms with van der Waals surface area (Å²) in [6.07, 6.45) is 0. The average molecular weight is 248 g/mol. The third kappa shape index (κ3) is 2.64. The minimum atomic E-state index is -0.0918. The monoisotopic (exact) mass is 248 g/mol. The van der Waals surface area contributed by atoms with E-state index < -0.39 is 0 Å². The molecule has 18 heavy (non-hydrogen) atoms. The van der Waals surface area contributed by atoms with Gasteiger partial charge in [-0.3, -0.25) is 4.79 Å². The number of hydrogen-bond donors (Lipinski definition) is 2. The Hall–Kier alpha value is -1.55. The predicted molar refractivity (Wildman–Crippen MR) is 72.1 cm³/mol. The molecule has 1 atom stereocenters. The summed E-state index contributed by atoms with van der Waals surface area (Å²) in [7, 11) is 1.96. The fourth-order valence-electron chi connectivity index (χ4n) is 2.28. The Morgan fingerprint density at radius 3 is 2.89 bits per heavy atom. The molecule has 0 aliphatic carbocycles. The topological polar surface area (TPSA) is 50.4 Å². The summed E-state index contributed by atoms with van der Waals surface area (Å²) in [6, 6.07) is 6.03. The van der Waals surface area contributed by atoms with E-state index in [9.17, 15) is 4.79 Å². The highest BCUT2D eigenvalue weighted by atomic mass is 16.5. The number of hydrogen-bond acceptors (Lipinski definition) is 3. The average Bonchev–Trinajstić information content (AvgIpc) is 2.35. The molecule has 0 bridgehead atoms. The van der Waals surface area contributed by atoms with Crippen LogP contribution in [0.4, 0.5) is 5.69 Å². The number of carbonyl (C=O) groups excluding carboxylic acids is 1. The zero-order valence-corrected chi connectivity index (χ0v) is 11.1. The Morgan fingerprint density at radius 1 is 1.44 bits per heavy atom. The smallest absolute Gasteiger partial charge is 0.262 e. The van der Waals surface area contributed by atoms with Gasteiger partial charge in [0.1, 0.15) is 5.75 Å². The Bertz CT molecular complexity index is 443. The van der Waals surface area contributed by atoms with Crippen LogP contribution in [0.25, 0.3) is 0 Å². The number of carbonyl (C=O) groups is 1. The largest absolute Gasteiger partial charge is 0.482 e. The molecular weight excluding hydrogens is 228 g/mol. The lowest BCUT2D eigenvalue weighted by Gasteiger charge is -2.24. The first-order valence-corrected chi connectivity index (χ1v) is 6.33. The highest BCUT2D eigenvalue weighted by Gasteiger charge is 2.20. The van der Waals surface area contributed by atoms with E-state index in [1.165, 1.54) is 5.56 Å². The molecule has 0 saturated carbocycles. The molecule has 1 aliphatic rings. The second-order valence-electron chi connectivity index (χ2n) is 5.00. The molecule has 0 radical (unpaired) electrons. The van der Waals surface area contributed by atoms with Crippen molar-refractivity contribution >= 4 is 11.6 Å². The van der Waals surface area contributed by atoms with Crippen LogP contribution < -0.4 is 15.4 Å². The summed E-state index contributed by atoms with van der Waals surface area (Å²) < 4.78 is 5.45. The standard InChI is InChI=1S/C14H20N2O2/c1-9(2)11(7-15-3)10-4-5-12-13(6-10)18-8-14(17)16-12/h4-6,9,11,15H,7-8H2,1-3H3,(H,16,17). The number of anilines is 1. The van der Waals surface area contributed by atoms with E-state index in [1.54, 1.807) is 0 Å². The normalized spacial score (nSPS) is 15.9. The second kappa shape index (κ2) is 5.40. The van der Waals surface area contributed by atoms with Crippen molar-refractivity contribution in [2.75, 3.05) is 25.5 Å². The van der Waals surface area contributed by atoms with Crippen molar-refractivity contribution in [1.82, 2.24) is 5.32 Å². The number of ether oxygens (including phenoxy) is 1. The molecular formula is C14H20N2O2. The number of rotatable bonds is 4. The maximum atomic E-state index is 11.2. The van der Waals surface area contributed by atoms with Gasteiger partial charge < -0.3 is 15.4 Å². The van der Waals surface area contributed by atoms with Crippen molar-refractivity contribution in [3.63, 3.8) is 0 Å². The zero-order valence-electron chi connectivity index (χ0n) is 11.1. The van der Waals surface area contributed by atoms with Gasteiger partial charge >= 0.3 is 0 Å². The Kier molecular flexibility index (Phi) is 3.87. The molecule has 0 aromatic heterocycles. The molecule has 0 fully saturated rings. The summed E-state index contributed by atoms with van der Waals surface area (Å²) in [6.45, 7) is 5.46. The molecule has 1 aromatic rings. The second-order valence-corrected chi connectivity index (χ2v) is 5.00. The van der Waals surface area contributed by atoms with Gasteiger partial charge in [0.2, 0.25) is 0 Å². The molecule has 0 spiro atoms. The molecule has 1 aliphatic heterocycles. The van der Waals surface area contributed by atoms with Crippen LogP contribution in [0.3, 0.4) is 0 Å². The van der Waals surface area contributed by atoms with Crippen molar-refractivity contribution in [3.8, 4) is 5.75 Å². The van der Waals surface area contributed by atoms with Crippen LogP contribution in [0.15, 0.2) is 18.2 Å². The van der Waals surface area contributed by atoms with Crippen molar-refractivity contribution in [2.45, 2.75) is 19.8 Å². The number of nitrogens with one attached hydrogen (secondary N) is 2. The first kappa shape index (κ1) is 12.9. The number of benzene rings is 1. The van der Waals surface area contributed by atoms with Crippen LogP contribution in [0, 0.1) is 5.92 Å². The van der Waals surface area contributed by atoms with E-state index in [-0.39, 0.29) is 12.5 Å².